The highest BCUT2D eigenvalue weighted by Gasteiger charge is 2.22. The molecule has 108 valence electrons. The summed E-state index contributed by atoms with van der Waals surface area (Å²) in [6.45, 7) is 9.14. The summed E-state index contributed by atoms with van der Waals surface area (Å²) in [5, 5.41) is 4.34. The van der Waals surface area contributed by atoms with Gasteiger partial charge in [0.25, 0.3) is 0 Å². The molecule has 2 rings (SSSR count). The van der Waals surface area contributed by atoms with Crippen LogP contribution >= 0.6 is 0 Å². The molecule has 0 saturated carbocycles. The summed E-state index contributed by atoms with van der Waals surface area (Å²) in [6, 6.07) is 4.11. The number of rotatable bonds is 4. The summed E-state index contributed by atoms with van der Waals surface area (Å²) >= 11 is 0. The summed E-state index contributed by atoms with van der Waals surface area (Å²) in [6.07, 6.45) is 1.73. The van der Waals surface area contributed by atoms with Crippen LogP contribution in [-0.2, 0) is 6.54 Å². The minimum atomic E-state index is -0.229. The van der Waals surface area contributed by atoms with Crippen molar-refractivity contribution >= 4 is 0 Å². The minimum Gasteiger partial charge on any atom is -0.493 e. The molecule has 0 fully saturated rings. The summed E-state index contributed by atoms with van der Waals surface area (Å²) in [5.41, 5.74) is 12.3. The largest absolute Gasteiger partial charge is 0.493 e. The number of benzene rings is 1. The van der Waals surface area contributed by atoms with Crippen molar-refractivity contribution < 1.29 is 4.74 Å². The van der Waals surface area contributed by atoms with Crippen LogP contribution in [0.15, 0.2) is 18.3 Å². The van der Waals surface area contributed by atoms with E-state index in [4.69, 9.17) is 10.5 Å². The summed E-state index contributed by atoms with van der Waals surface area (Å²) < 4.78 is 7.32. The molecule has 0 aliphatic carbocycles. The third-order valence-electron chi connectivity index (χ3n) is 3.71. The summed E-state index contributed by atoms with van der Waals surface area (Å²) in [7, 11) is 1.65. The molecule has 1 heterocycles. The third-order valence-corrected chi connectivity index (χ3v) is 3.71. The zero-order valence-electron chi connectivity index (χ0n) is 12.9. The molecule has 1 unspecified atom stereocenters. The molecule has 1 atom stereocenters. The molecule has 0 spiro atoms. The minimum absolute atomic E-state index is 0.229. The van der Waals surface area contributed by atoms with Crippen LogP contribution in [0.5, 0.6) is 5.75 Å². The Labute approximate surface area is 120 Å². The van der Waals surface area contributed by atoms with Crippen molar-refractivity contribution in [1.29, 1.82) is 0 Å². The molecule has 0 aliphatic heterocycles. The van der Waals surface area contributed by atoms with Crippen molar-refractivity contribution in [2.45, 2.75) is 40.3 Å². The fourth-order valence-electron chi connectivity index (χ4n) is 2.92. The number of ether oxygens (including phenoxy) is 1. The van der Waals surface area contributed by atoms with Crippen LogP contribution < -0.4 is 10.5 Å². The maximum atomic E-state index is 6.52. The van der Waals surface area contributed by atoms with Crippen LogP contribution in [0.3, 0.4) is 0 Å². The van der Waals surface area contributed by atoms with E-state index in [-0.39, 0.29) is 6.04 Å². The lowest BCUT2D eigenvalue weighted by Crippen LogP contribution is -2.20. The van der Waals surface area contributed by atoms with Gasteiger partial charge in [-0.05, 0) is 44.4 Å². The highest BCUT2D eigenvalue weighted by molar-refractivity contribution is 5.45. The fourth-order valence-corrected chi connectivity index (χ4v) is 2.92. The molecular weight excluding hydrogens is 250 g/mol. The Bertz CT molecular complexity index is 572. The fraction of sp³-hybridized carbons (Fsp3) is 0.438. The number of nitrogens with two attached hydrogens (primary N) is 1. The standard InChI is InChI=1S/C16H23N3O/c1-6-19-16(13(20-5)9-18-19)15(17)14-11(3)7-10(2)8-12(14)4/h7-9,15H,6,17H2,1-5H3. The van der Waals surface area contributed by atoms with E-state index < -0.39 is 0 Å². The van der Waals surface area contributed by atoms with Gasteiger partial charge >= 0.3 is 0 Å². The van der Waals surface area contributed by atoms with E-state index >= 15 is 0 Å². The van der Waals surface area contributed by atoms with Crippen LogP contribution in [0.4, 0.5) is 0 Å². The Morgan fingerprint density at radius 3 is 2.35 bits per heavy atom. The van der Waals surface area contributed by atoms with Gasteiger partial charge in [-0.25, -0.2) is 0 Å². The zero-order chi connectivity index (χ0) is 14.9. The van der Waals surface area contributed by atoms with Gasteiger partial charge in [-0.1, -0.05) is 17.7 Å². The van der Waals surface area contributed by atoms with Crippen molar-refractivity contribution in [1.82, 2.24) is 9.78 Å². The first-order valence-corrected chi connectivity index (χ1v) is 6.92. The second kappa shape index (κ2) is 5.67. The lowest BCUT2D eigenvalue weighted by atomic mass is 9.92. The van der Waals surface area contributed by atoms with Gasteiger partial charge in [0, 0.05) is 6.54 Å². The monoisotopic (exact) mass is 273 g/mol. The number of nitrogens with zero attached hydrogens (tertiary/aromatic N) is 2. The van der Waals surface area contributed by atoms with Crippen molar-refractivity contribution in [3.05, 3.63) is 46.3 Å². The Kier molecular flexibility index (Phi) is 4.14. The highest BCUT2D eigenvalue weighted by Crippen LogP contribution is 2.32. The SMILES string of the molecule is CCn1ncc(OC)c1C(N)c1c(C)cc(C)cc1C. The van der Waals surface area contributed by atoms with Crippen LogP contribution in [0.2, 0.25) is 0 Å². The molecule has 20 heavy (non-hydrogen) atoms. The van der Waals surface area contributed by atoms with Gasteiger partial charge in [-0.15, -0.1) is 0 Å². The van der Waals surface area contributed by atoms with Crippen molar-refractivity contribution in [3.8, 4) is 5.75 Å². The molecule has 4 heteroatoms. The van der Waals surface area contributed by atoms with E-state index in [1.165, 1.54) is 16.7 Å². The normalized spacial score (nSPS) is 12.5. The first-order valence-electron chi connectivity index (χ1n) is 6.92. The van der Waals surface area contributed by atoms with Gasteiger partial charge in [-0.2, -0.15) is 5.10 Å². The van der Waals surface area contributed by atoms with Crippen molar-refractivity contribution in [2.75, 3.05) is 7.11 Å². The first kappa shape index (κ1) is 14.6. The molecular formula is C16H23N3O. The summed E-state index contributed by atoms with van der Waals surface area (Å²) in [5.74, 6) is 0.749. The van der Waals surface area contributed by atoms with E-state index in [1.807, 2.05) is 4.68 Å². The van der Waals surface area contributed by atoms with Gasteiger partial charge in [0.15, 0.2) is 5.75 Å². The van der Waals surface area contributed by atoms with Gasteiger partial charge < -0.3 is 10.5 Å². The lowest BCUT2D eigenvalue weighted by Gasteiger charge is -2.20. The number of methoxy groups -OCH3 is 1. The molecule has 1 aromatic heterocycles. The van der Waals surface area contributed by atoms with Crippen LogP contribution in [0.1, 0.15) is 40.9 Å². The van der Waals surface area contributed by atoms with Crippen molar-refractivity contribution in [2.24, 2.45) is 5.73 Å². The number of aromatic nitrogens is 2. The van der Waals surface area contributed by atoms with Crippen LogP contribution in [-0.4, -0.2) is 16.9 Å². The second-order valence-corrected chi connectivity index (χ2v) is 5.20. The Hall–Kier alpha value is -1.81. The van der Waals surface area contributed by atoms with Gasteiger partial charge in [0.1, 0.15) is 5.69 Å². The maximum absolute atomic E-state index is 6.52. The van der Waals surface area contributed by atoms with E-state index in [9.17, 15) is 0 Å². The van der Waals surface area contributed by atoms with E-state index in [0.29, 0.717) is 0 Å². The van der Waals surface area contributed by atoms with E-state index in [0.717, 1.165) is 23.6 Å². The highest BCUT2D eigenvalue weighted by atomic mass is 16.5. The molecule has 0 radical (unpaired) electrons. The molecule has 1 aromatic carbocycles. The third kappa shape index (κ3) is 2.43. The van der Waals surface area contributed by atoms with Crippen LogP contribution in [0.25, 0.3) is 0 Å². The smallest absolute Gasteiger partial charge is 0.161 e. The topological polar surface area (TPSA) is 53.1 Å². The average Bonchev–Trinajstić information content (AvgIpc) is 2.79. The van der Waals surface area contributed by atoms with Gasteiger partial charge in [-0.3, -0.25) is 4.68 Å². The quantitative estimate of drug-likeness (QED) is 0.932. The number of hydrogen-bond acceptors (Lipinski definition) is 3. The van der Waals surface area contributed by atoms with Gasteiger partial charge in [0.05, 0.1) is 19.3 Å². The zero-order valence-corrected chi connectivity index (χ0v) is 12.9. The lowest BCUT2D eigenvalue weighted by molar-refractivity contribution is 0.404. The van der Waals surface area contributed by atoms with E-state index in [1.54, 1.807) is 13.3 Å². The summed E-state index contributed by atoms with van der Waals surface area (Å²) in [4.78, 5) is 0. The molecule has 4 nitrogen and oxygen atoms in total. The number of aryl methyl sites for hydroxylation is 4. The molecule has 2 N–H and O–H groups in total. The van der Waals surface area contributed by atoms with E-state index in [2.05, 4.69) is 44.9 Å². The van der Waals surface area contributed by atoms with Crippen LogP contribution in [0, 0.1) is 20.8 Å². The Morgan fingerprint density at radius 2 is 1.85 bits per heavy atom. The molecule has 2 aromatic rings. The number of hydrogen-bond donors (Lipinski definition) is 1. The molecule has 0 saturated heterocycles. The average molecular weight is 273 g/mol. The Morgan fingerprint density at radius 1 is 1.25 bits per heavy atom. The Balaban J connectivity index is 2.57. The maximum Gasteiger partial charge on any atom is 0.161 e. The second-order valence-electron chi connectivity index (χ2n) is 5.20. The molecule has 0 amide bonds. The van der Waals surface area contributed by atoms with Crippen molar-refractivity contribution in [3.63, 3.8) is 0 Å². The van der Waals surface area contributed by atoms with Gasteiger partial charge in [0.2, 0.25) is 0 Å². The molecule has 0 aliphatic rings. The first-order chi connectivity index (χ1) is 9.49. The molecule has 0 bridgehead atoms. The predicted octanol–water partition coefficient (Wildman–Crippen LogP) is 2.88. The predicted molar refractivity (Wildman–Crippen MR) is 81.1 cm³/mol.